The van der Waals surface area contributed by atoms with Crippen molar-refractivity contribution in [1.82, 2.24) is 29.9 Å². The Kier molecular flexibility index (Phi) is 4.65. The first-order chi connectivity index (χ1) is 13.4. The maximum Gasteiger partial charge on any atom is 0.421 e. The monoisotopic (exact) mass is 410 g/mol. The third-order valence-corrected chi connectivity index (χ3v) is 5.66. The molecule has 12 heteroatoms. The summed E-state index contributed by atoms with van der Waals surface area (Å²) in [7, 11) is 1.38. The number of anilines is 3. The number of nitrogens with zero attached hydrogens (tertiary/aromatic N) is 6. The van der Waals surface area contributed by atoms with Crippen molar-refractivity contribution in [2.45, 2.75) is 37.9 Å². The fourth-order valence-corrected chi connectivity index (χ4v) is 3.90. The van der Waals surface area contributed by atoms with Crippen LogP contribution in [0.15, 0.2) is 17.9 Å². The van der Waals surface area contributed by atoms with Crippen LogP contribution in [0.25, 0.3) is 0 Å². The molecule has 1 fully saturated rings. The highest BCUT2D eigenvalue weighted by atomic mass is 32.1. The number of rotatable bonds is 5. The van der Waals surface area contributed by atoms with Gasteiger partial charge in [-0.05, 0) is 19.8 Å². The minimum atomic E-state index is -4.52. The Labute approximate surface area is 162 Å². The maximum absolute atomic E-state index is 13.0. The van der Waals surface area contributed by atoms with Crippen molar-refractivity contribution in [1.29, 1.82) is 0 Å². The van der Waals surface area contributed by atoms with Gasteiger partial charge in [-0.1, -0.05) is 0 Å². The highest BCUT2D eigenvalue weighted by Crippen LogP contribution is 2.45. The number of nitrogens with one attached hydrogen (secondary N) is 2. The molecule has 0 saturated heterocycles. The second-order valence-corrected chi connectivity index (χ2v) is 7.38. The number of aromatic nitrogens is 6. The van der Waals surface area contributed by atoms with E-state index in [0.29, 0.717) is 11.6 Å². The molecular formula is C16H17F3N8S. The molecule has 4 rings (SSSR count). The lowest BCUT2D eigenvalue weighted by molar-refractivity contribution is -0.137. The standard InChI is InChI=1S/C16H17F3N8S/c1-8-12(24-15-21-5-11(16(17,18)19)13(20-2)25-15)6-23-27(8)10-3-9(4-10)14-26-22-7-28-14/h5-7,9-10H,3-4H2,1-2H3,(H2,20,21,24,25)/t9-,10-. The van der Waals surface area contributed by atoms with Crippen molar-refractivity contribution < 1.29 is 13.2 Å². The summed E-state index contributed by atoms with van der Waals surface area (Å²) in [4.78, 5) is 7.72. The van der Waals surface area contributed by atoms with Gasteiger partial charge in [-0.2, -0.15) is 23.3 Å². The molecule has 3 aromatic rings. The van der Waals surface area contributed by atoms with Gasteiger partial charge < -0.3 is 10.6 Å². The van der Waals surface area contributed by atoms with Crippen molar-refractivity contribution in [3.8, 4) is 0 Å². The zero-order valence-corrected chi connectivity index (χ0v) is 15.8. The predicted octanol–water partition coefficient (Wildman–Crippen LogP) is 3.76. The van der Waals surface area contributed by atoms with Crippen molar-refractivity contribution >= 4 is 28.8 Å². The van der Waals surface area contributed by atoms with Gasteiger partial charge in [-0.25, -0.2) is 4.98 Å². The lowest BCUT2D eigenvalue weighted by atomic mass is 9.81. The lowest BCUT2D eigenvalue weighted by Gasteiger charge is -2.34. The SMILES string of the molecule is CNc1nc(Nc2cnn([C@H]3C[C@H](c4nncs4)C3)c2C)ncc1C(F)(F)F. The van der Waals surface area contributed by atoms with E-state index < -0.39 is 11.7 Å². The quantitative estimate of drug-likeness (QED) is 0.662. The van der Waals surface area contributed by atoms with Crippen LogP contribution in [0.3, 0.4) is 0 Å². The average molecular weight is 410 g/mol. The minimum Gasteiger partial charge on any atom is -0.372 e. The number of hydrogen-bond acceptors (Lipinski definition) is 8. The van der Waals surface area contributed by atoms with E-state index >= 15 is 0 Å². The topological polar surface area (TPSA) is 93.4 Å². The van der Waals surface area contributed by atoms with Crippen molar-refractivity contribution in [2.75, 3.05) is 17.7 Å². The van der Waals surface area contributed by atoms with Crippen LogP contribution in [0.5, 0.6) is 0 Å². The number of hydrogen-bond donors (Lipinski definition) is 2. The third kappa shape index (κ3) is 3.39. The van der Waals surface area contributed by atoms with E-state index in [1.54, 1.807) is 23.0 Å². The summed E-state index contributed by atoms with van der Waals surface area (Å²) in [5.74, 6) is 0.184. The van der Waals surface area contributed by atoms with E-state index in [1.807, 2.05) is 11.6 Å². The van der Waals surface area contributed by atoms with Gasteiger partial charge in [0.05, 0.1) is 23.6 Å². The Balaban J connectivity index is 1.48. The fraction of sp³-hybridized carbons (Fsp3) is 0.438. The van der Waals surface area contributed by atoms with Crippen LogP contribution >= 0.6 is 11.3 Å². The van der Waals surface area contributed by atoms with Gasteiger partial charge in [0.2, 0.25) is 5.95 Å². The Bertz CT molecular complexity index is 963. The van der Waals surface area contributed by atoms with Crippen LogP contribution in [-0.4, -0.2) is 37.0 Å². The molecule has 0 spiro atoms. The Morgan fingerprint density at radius 3 is 2.68 bits per heavy atom. The zero-order valence-electron chi connectivity index (χ0n) is 15.0. The molecule has 0 radical (unpaired) electrons. The van der Waals surface area contributed by atoms with Crippen molar-refractivity contribution in [3.63, 3.8) is 0 Å². The van der Waals surface area contributed by atoms with Gasteiger partial charge in [-0.15, -0.1) is 21.5 Å². The molecule has 0 atom stereocenters. The first-order valence-corrected chi connectivity index (χ1v) is 9.44. The average Bonchev–Trinajstić information content (AvgIpc) is 3.25. The molecule has 1 aliphatic rings. The molecule has 0 aliphatic heterocycles. The second kappa shape index (κ2) is 7.00. The van der Waals surface area contributed by atoms with Crippen LogP contribution in [0.1, 0.15) is 41.1 Å². The van der Waals surface area contributed by atoms with E-state index in [0.717, 1.165) is 29.7 Å². The first-order valence-electron chi connectivity index (χ1n) is 8.56. The van der Waals surface area contributed by atoms with E-state index in [4.69, 9.17) is 0 Å². The molecule has 0 aromatic carbocycles. The molecule has 0 amide bonds. The zero-order chi connectivity index (χ0) is 19.9. The normalized spacial score (nSPS) is 19.3. The van der Waals surface area contributed by atoms with E-state index in [-0.39, 0.29) is 17.8 Å². The predicted molar refractivity (Wildman–Crippen MR) is 97.7 cm³/mol. The van der Waals surface area contributed by atoms with Crippen LogP contribution in [0.4, 0.5) is 30.6 Å². The Hall–Kier alpha value is -2.76. The van der Waals surface area contributed by atoms with Gasteiger partial charge in [0.15, 0.2) is 0 Å². The maximum atomic E-state index is 13.0. The summed E-state index contributed by atoms with van der Waals surface area (Å²) in [6, 6.07) is 0.255. The molecule has 1 aliphatic carbocycles. The number of halogens is 3. The smallest absolute Gasteiger partial charge is 0.372 e. The van der Waals surface area contributed by atoms with Crippen LogP contribution in [-0.2, 0) is 6.18 Å². The van der Waals surface area contributed by atoms with E-state index in [1.165, 1.54) is 7.05 Å². The highest BCUT2D eigenvalue weighted by Gasteiger charge is 2.36. The molecular weight excluding hydrogens is 393 g/mol. The molecule has 3 aromatic heterocycles. The van der Waals surface area contributed by atoms with Gasteiger partial charge in [-0.3, -0.25) is 4.68 Å². The van der Waals surface area contributed by atoms with Crippen LogP contribution in [0.2, 0.25) is 0 Å². The molecule has 0 bridgehead atoms. The van der Waals surface area contributed by atoms with Crippen LogP contribution in [0, 0.1) is 6.92 Å². The number of alkyl halides is 3. The van der Waals surface area contributed by atoms with Crippen LogP contribution < -0.4 is 10.6 Å². The van der Waals surface area contributed by atoms with Gasteiger partial charge >= 0.3 is 6.18 Å². The summed E-state index contributed by atoms with van der Waals surface area (Å²) in [5, 5.41) is 18.9. The molecule has 2 N–H and O–H groups in total. The van der Waals surface area contributed by atoms with Gasteiger partial charge in [0.25, 0.3) is 0 Å². The van der Waals surface area contributed by atoms with E-state index in [2.05, 4.69) is 35.9 Å². The fourth-order valence-electron chi connectivity index (χ4n) is 3.22. The summed E-state index contributed by atoms with van der Waals surface area (Å²) >= 11 is 1.55. The van der Waals surface area contributed by atoms with Crippen molar-refractivity contribution in [3.05, 3.63) is 34.2 Å². The minimum absolute atomic E-state index is 0.0698. The molecule has 1 saturated carbocycles. The summed E-state index contributed by atoms with van der Waals surface area (Å²) in [5.41, 5.74) is 2.34. The highest BCUT2D eigenvalue weighted by molar-refractivity contribution is 7.09. The largest absolute Gasteiger partial charge is 0.421 e. The molecule has 148 valence electrons. The molecule has 8 nitrogen and oxygen atoms in total. The Morgan fingerprint density at radius 1 is 1.25 bits per heavy atom. The Morgan fingerprint density at radius 2 is 2.04 bits per heavy atom. The second-order valence-electron chi connectivity index (χ2n) is 6.52. The summed E-state index contributed by atoms with van der Waals surface area (Å²) in [6.07, 6.45) is -0.270. The molecule has 0 unspecified atom stereocenters. The lowest BCUT2D eigenvalue weighted by Crippen LogP contribution is -2.26. The summed E-state index contributed by atoms with van der Waals surface area (Å²) in [6.45, 7) is 1.90. The first kappa shape index (κ1) is 18.6. The molecule has 3 heterocycles. The summed E-state index contributed by atoms with van der Waals surface area (Å²) < 4.78 is 40.8. The third-order valence-electron chi connectivity index (χ3n) is 4.81. The van der Waals surface area contributed by atoms with E-state index in [9.17, 15) is 13.2 Å². The van der Waals surface area contributed by atoms with Gasteiger partial charge in [0, 0.05) is 19.2 Å². The van der Waals surface area contributed by atoms with Gasteiger partial charge in [0.1, 0.15) is 21.9 Å². The molecule has 28 heavy (non-hydrogen) atoms. The van der Waals surface area contributed by atoms with Crippen molar-refractivity contribution in [2.24, 2.45) is 0 Å².